The van der Waals surface area contributed by atoms with Gasteiger partial charge in [-0.15, -0.1) is 0 Å². The summed E-state index contributed by atoms with van der Waals surface area (Å²) in [5.74, 6) is 0.266. The van der Waals surface area contributed by atoms with Crippen LogP contribution in [-0.2, 0) is 11.3 Å². The number of aromatic hydroxyl groups is 1. The van der Waals surface area contributed by atoms with Crippen molar-refractivity contribution in [1.29, 1.82) is 0 Å². The fraction of sp³-hybridized carbons (Fsp3) is 0.348. The molecule has 0 fully saturated rings. The van der Waals surface area contributed by atoms with Crippen LogP contribution in [0.5, 0.6) is 5.75 Å². The fourth-order valence-electron chi connectivity index (χ4n) is 3.94. The Hall–Kier alpha value is -3.55. The van der Waals surface area contributed by atoms with Crippen molar-refractivity contribution in [2.45, 2.75) is 33.4 Å². The molecule has 1 aliphatic rings. The number of aromatic nitrogens is 2. The Balaban J connectivity index is 1.72. The molecule has 31 heavy (non-hydrogen) atoms. The largest absolute Gasteiger partial charge is 0.507 e. The van der Waals surface area contributed by atoms with Crippen molar-refractivity contribution in [3.63, 3.8) is 0 Å². The molecule has 1 unspecified atom stereocenters. The van der Waals surface area contributed by atoms with Gasteiger partial charge in [-0.2, -0.15) is 5.10 Å². The average molecular weight is 422 g/mol. The van der Waals surface area contributed by atoms with Gasteiger partial charge in [0.25, 0.3) is 5.91 Å². The number of H-pyrrole nitrogens is 1. The van der Waals surface area contributed by atoms with Crippen LogP contribution in [0.4, 0.5) is 5.82 Å². The molecule has 8 heteroatoms. The van der Waals surface area contributed by atoms with Crippen LogP contribution in [0.2, 0.25) is 0 Å². The van der Waals surface area contributed by atoms with E-state index in [-0.39, 0.29) is 17.2 Å². The number of phenolic OH excluding ortho intramolecular Hbond substituents is 1. The van der Waals surface area contributed by atoms with E-state index in [9.17, 15) is 14.7 Å². The van der Waals surface area contributed by atoms with Gasteiger partial charge in [-0.05, 0) is 30.0 Å². The summed E-state index contributed by atoms with van der Waals surface area (Å²) in [5, 5.41) is 24.6. The number of nitrogens with one attached hydrogen (secondary N) is 3. The molecule has 2 heterocycles. The number of anilines is 1. The molecule has 2 aromatic carbocycles. The molecular formula is C23H27N5O3. The molecule has 1 aliphatic heterocycles. The Kier molecular flexibility index (Phi) is 5.54. The van der Waals surface area contributed by atoms with Crippen LogP contribution in [0.15, 0.2) is 36.4 Å². The minimum absolute atomic E-state index is 0.142. The van der Waals surface area contributed by atoms with Crippen molar-refractivity contribution in [2.24, 2.45) is 5.92 Å². The highest BCUT2D eigenvalue weighted by atomic mass is 16.3. The van der Waals surface area contributed by atoms with Gasteiger partial charge in [0.15, 0.2) is 5.82 Å². The zero-order valence-corrected chi connectivity index (χ0v) is 17.9. The molecule has 0 saturated heterocycles. The second-order valence-corrected chi connectivity index (χ2v) is 8.19. The lowest BCUT2D eigenvalue weighted by Gasteiger charge is -2.25. The summed E-state index contributed by atoms with van der Waals surface area (Å²) in [6, 6.07) is 9.94. The minimum Gasteiger partial charge on any atom is -0.507 e. The molecule has 162 valence electrons. The third-order valence-corrected chi connectivity index (χ3v) is 5.45. The van der Waals surface area contributed by atoms with Crippen LogP contribution in [0, 0.1) is 5.92 Å². The Morgan fingerprint density at radius 1 is 1.29 bits per heavy atom. The lowest BCUT2D eigenvalue weighted by atomic mass is 10.0. The number of nitrogens with zero attached hydrogens (tertiary/aromatic N) is 2. The van der Waals surface area contributed by atoms with Crippen molar-refractivity contribution < 1.29 is 14.7 Å². The van der Waals surface area contributed by atoms with E-state index in [2.05, 4.69) is 34.7 Å². The molecule has 0 saturated carbocycles. The normalized spacial score (nSPS) is 15.4. The number of carbonyl (C=O) groups excluding carboxylic acids is 2. The second-order valence-electron chi connectivity index (χ2n) is 8.19. The summed E-state index contributed by atoms with van der Waals surface area (Å²) in [6.07, 6.45) is 0. The van der Waals surface area contributed by atoms with E-state index in [4.69, 9.17) is 0 Å². The van der Waals surface area contributed by atoms with Gasteiger partial charge in [0.05, 0.1) is 11.1 Å². The summed E-state index contributed by atoms with van der Waals surface area (Å²) in [4.78, 5) is 27.9. The third kappa shape index (κ3) is 3.81. The Morgan fingerprint density at radius 3 is 2.81 bits per heavy atom. The summed E-state index contributed by atoms with van der Waals surface area (Å²) in [5.41, 5.74) is 2.51. The molecule has 3 aromatic rings. The Labute approximate surface area is 180 Å². The number of carbonyl (C=O) groups is 2. The number of aromatic amines is 1. The first-order valence-corrected chi connectivity index (χ1v) is 10.5. The Morgan fingerprint density at radius 2 is 2.06 bits per heavy atom. The molecule has 0 radical (unpaired) electrons. The summed E-state index contributed by atoms with van der Waals surface area (Å²) < 4.78 is 0. The smallest absolute Gasteiger partial charge is 0.258 e. The van der Waals surface area contributed by atoms with Gasteiger partial charge in [-0.1, -0.05) is 38.1 Å². The minimum atomic E-state index is -0.735. The fourth-order valence-corrected chi connectivity index (χ4v) is 3.94. The van der Waals surface area contributed by atoms with E-state index < -0.39 is 11.9 Å². The predicted octanol–water partition coefficient (Wildman–Crippen LogP) is 3.17. The standard InChI is InChI=1S/C23H27N5O3/c1-4-24-22(30)20-15-8-6-5-7-14(15)12-28(20)23(31)17-9-16-18(10-19(17)29)26-27-21(16)25-11-13(2)3/h5-10,13,20,29H,4,11-12H2,1-3H3,(H,24,30)(H2,25,26,27). The van der Waals surface area contributed by atoms with Gasteiger partial charge in [-0.3, -0.25) is 14.7 Å². The number of rotatable bonds is 6. The molecule has 4 N–H and O–H groups in total. The van der Waals surface area contributed by atoms with Gasteiger partial charge in [-0.25, -0.2) is 0 Å². The third-order valence-electron chi connectivity index (χ3n) is 5.45. The van der Waals surface area contributed by atoms with Crippen molar-refractivity contribution in [2.75, 3.05) is 18.4 Å². The lowest BCUT2D eigenvalue weighted by Crippen LogP contribution is -2.39. The van der Waals surface area contributed by atoms with E-state index >= 15 is 0 Å². The molecule has 1 aromatic heterocycles. The van der Waals surface area contributed by atoms with Gasteiger partial charge in [0.1, 0.15) is 11.8 Å². The molecule has 0 aliphatic carbocycles. The van der Waals surface area contributed by atoms with E-state index in [1.165, 1.54) is 11.0 Å². The first-order chi connectivity index (χ1) is 14.9. The van der Waals surface area contributed by atoms with E-state index in [0.29, 0.717) is 35.7 Å². The summed E-state index contributed by atoms with van der Waals surface area (Å²) in [6.45, 7) is 7.53. The maximum Gasteiger partial charge on any atom is 0.258 e. The number of hydrogen-bond donors (Lipinski definition) is 4. The highest BCUT2D eigenvalue weighted by Crippen LogP contribution is 2.37. The molecule has 0 spiro atoms. The van der Waals surface area contributed by atoms with Crippen LogP contribution in [-0.4, -0.2) is 45.1 Å². The van der Waals surface area contributed by atoms with Crippen LogP contribution >= 0.6 is 0 Å². The van der Waals surface area contributed by atoms with Crippen LogP contribution in [0.1, 0.15) is 48.3 Å². The lowest BCUT2D eigenvalue weighted by molar-refractivity contribution is -0.125. The molecular weight excluding hydrogens is 394 g/mol. The number of fused-ring (bicyclic) bond motifs is 2. The molecule has 1 atom stereocenters. The zero-order valence-electron chi connectivity index (χ0n) is 17.9. The monoisotopic (exact) mass is 421 g/mol. The first kappa shape index (κ1) is 20.7. The number of amides is 2. The first-order valence-electron chi connectivity index (χ1n) is 10.5. The number of likely N-dealkylation sites (N-methyl/N-ethyl adjacent to an activating group) is 1. The number of phenols is 1. The number of benzene rings is 2. The highest BCUT2D eigenvalue weighted by Gasteiger charge is 2.39. The average Bonchev–Trinajstić information content (AvgIpc) is 3.32. The topological polar surface area (TPSA) is 110 Å². The van der Waals surface area contributed by atoms with Crippen molar-refractivity contribution >= 4 is 28.5 Å². The van der Waals surface area contributed by atoms with Gasteiger partial charge >= 0.3 is 0 Å². The van der Waals surface area contributed by atoms with Crippen molar-refractivity contribution in [3.8, 4) is 5.75 Å². The summed E-state index contributed by atoms with van der Waals surface area (Å²) in [7, 11) is 0. The van der Waals surface area contributed by atoms with Crippen molar-refractivity contribution in [1.82, 2.24) is 20.4 Å². The van der Waals surface area contributed by atoms with Gasteiger partial charge in [0.2, 0.25) is 5.91 Å². The summed E-state index contributed by atoms with van der Waals surface area (Å²) >= 11 is 0. The quantitative estimate of drug-likeness (QED) is 0.489. The molecule has 8 nitrogen and oxygen atoms in total. The molecule has 0 bridgehead atoms. The molecule has 2 amide bonds. The maximum absolute atomic E-state index is 13.5. The van der Waals surface area contributed by atoms with Gasteiger partial charge < -0.3 is 20.6 Å². The Bertz CT molecular complexity index is 1140. The zero-order chi connectivity index (χ0) is 22.1. The second kappa shape index (κ2) is 8.29. The van der Waals surface area contributed by atoms with Crippen LogP contribution in [0.25, 0.3) is 10.9 Å². The molecule has 4 rings (SSSR count). The van der Waals surface area contributed by atoms with E-state index in [1.54, 1.807) is 6.07 Å². The van der Waals surface area contributed by atoms with Crippen LogP contribution < -0.4 is 10.6 Å². The van der Waals surface area contributed by atoms with Crippen molar-refractivity contribution in [3.05, 3.63) is 53.1 Å². The van der Waals surface area contributed by atoms with E-state index in [1.807, 2.05) is 31.2 Å². The predicted molar refractivity (Wildman–Crippen MR) is 119 cm³/mol. The van der Waals surface area contributed by atoms with Crippen LogP contribution in [0.3, 0.4) is 0 Å². The van der Waals surface area contributed by atoms with E-state index in [0.717, 1.165) is 17.7 Å². The SMILES string of the molecule is CCNC(=O)C1c2ccccc2CN1C(=O)c1cc2c(NCC(C)C)n[nH]c2cc1O. The highest BCUT2D eigenvalue weighted by molar-refractivity contribution is 6.05. The number of hydrogen-bond acceptors (Lipinski definition) is 5. The van der Waals surface area contributed by atoms with Gasteiger partial charge in [0, 0.05) is 31.1 Å². The maximum atomic E-state index is 13.5.